The fourth-order valence-electron chi connectivity index (χ4n) is 2.21. The van der Waals surface area contributed by atoms with Gasteiger partial charge in [0, 0.05) is 10.5 Å². The molecule has 0 radical (unpaired) electrons. The third-order valence-electron chi connectivity index (χ3n) is 3.02. The first-order valence-corrected chi connectivity index (χ1v) is 6.63. The van der Waals surface area contributed by atoms with E-state index in [1.807, 2.05) is 11.5 Å². The second-order valence-electron chi connectivity index (χ2n) is 4.41. The molecule has 0 N–H and O–H groups in total. The number of carbonyl (C=O) groups is 1. The van der Waals surface area contributed by atoms with Crippen LogP contribution in [0.2, 0.25) is 0 Å². The minimum Gasteiger partial charge on any atom is -0.469 e. The van der Waals surface area contributed by atoms with Crippen molar-refractivity contribution in [3.8, 4) is 0 Å². The topological polar surface area (TPSA) is 44.1 Å². The maximum absolute atomic E-state index is 13.8. The van der Waals surface area contributed by atoms with Gasteiger partial charge in [0.15, 0.2) is 5.82 Å². The number of rotatable bonds is 3. The molecule has 2 aromatic rings. The van der Waals surface area contributed by atoms with E-state index in [1.165, 1.54) is 13.2 Å². The maximum atomic E-state index is 13.8. The molecule has 0 fully saturated rings. The number of ether oxygens (including phenoxy) is 1. The summed E-state index contributed by atoms with van der Waals surface area (Å²) < 4.78 is 21.0. The molecule has 19 heavy (non-hydrogen) atoms. The van der Waals surface area contributed by atoms with Gasteiger partial charge in [-0.2, -0.15) is 0 Å². The lowest BCUT2D eigenvalue weighted by molar-refractivity contribution is -0.141. The molecule has 6 heteroatoms. The maximum Gasteiger partial charge on any atom is 0.307 e. The Labute approximate surface area is 118 Å². The Morgan fingerprint density at radius 2 is 2.26 bits per heavy atom. The Morgan fingerprint density at radius 1 is 1.58 bits per heavy atom. The lowest BCUT2D eigenvalue weighted by Gasteiger charge is -2.15. The van der Waals surface area contributed by atoms with Crippen molar-refractivity contribution in [3.63, 3.8) is 0 Å². The average Bonchev–Trinajstić information content (AvgIpc) is 2.65. The summed E-state index contributed by atoms with van der Waals surface area (Å²) in [6.45, 7) is 3.67. The normalized spacial score (nSPS) is 12.7. The van der Waals surface area contributed by atoms with E-state index >= 15 is 0 Å². The number of nitrogens with zero attached hydrogens (tertiary/aromatic N) is 2. The highest BCUT2D eigenvalue weighted by atomic mass is 79.9. The van der Waals surface area contributed by atoms with E-state index < -0.39 is 0 Å². The summed E-state index contributed by atoms with van der Waals surface area (Å²) in [6, 6.07) is 3.03. The Kier molecular flexibility index (Phi) is 3.89. The first-order chi connectivity index (χ1) is 8.93. The van der Waals surface area contributed by atoms with E-state index in [4.69, 9.17) is 0 Å². The fraction of sp³-hybridized carbons (Fsp3) is 0.385. The van der Waals surface area contributed by atoms with Crippen molar-refractivity contribution in [2.24, 2.45) is 0 Å². The highest BCUT2D eigenvalue weighted by Gasteiger charge is 2.18. The summed E-state index contributed by atoms with van der Waals surface area (Å²) in [5.41, 5.74) is 0.984. The highest BCUT2D eigenvalue weighted by molar-refractivity contribution is 9.10. The minimum atomic E-state index is -0.378. The summed E-state index contributed by atoms with van der Waals surface area (Å²) in [6.07, 6.45) is 0.219. The van der Waals surface area contributed by atoms with E-state index in [0.29, 0.717) is 21.3 Å². The summed E-state index contributed by atoms with van der Waals surface area (Å²) >= 11 is 3.27. The first-order valence-electron chi connectivity index (χ1n) is 5.84. The van der Waals surface area contributed by atoms with Gasteiger partial charge in [-0.15, -0.1) is 0 Å². The molecule has 0 spiro atoms. The van der Waals surface area contributed by atoms with E-state index in [9.17, 15) is 9.18 Å². The summed E-state index contributed by atoms with van der Waals surface area (Å²) in [5.74, 6) is -0.0101. The van der Waals surface area contributed by atoms with Gasteiger partial charge in [0.05, 0.1) is 19.0 Å². The van der Waals surface area contributed by atoms with E-state index in [1.54, 1.807) is 13.0 Å². The molecule has 0 aliphatic carbocycles. The van der Waals surface area contributed by atoms with Crippen LogP contribution in [0.1, 0.15) is 25.2 Å². The molecule has 0 amide bonds. The van der Waals surface area contributed by atoms with Crippen molar-refractivity contribution in [1.82, 2.24) is 9.55 Å². The molecule has 0 saturated heterocycles. The number of benzene rings is 1. The standard InChI is InChI=1S/C13H14BrFN2O2/c1-7(4-12(18)19-3)17-8(2)16-13-10(15)5-9(14)6-11(13)17/h5-7H,4H2,1-3H3. The Morgan fingerprint density at radius 3 is 2.89 bits per heavy atom. The lowest BCUT2D eigenvalue weighted by atomic mass is 10.2. The second-order valence-corrected chi connectivity index (χ2v) is 5.33. The van der Waals surface area contributed by atoms with E-state index in [-0.39, 0.29) is 24.2 Å². The molecule has 1 heterocycles. The number of imidazole rings is 1. The smallest absolute Gasteiger partial charge is 0.307 e. The van der Waals surface area contributed by atoms with Gasteiger partial charge in [-0.05, 0) is 26.0 Å². The number of aryl methyl sites for hydroxylation is 1. The quantitative estimate of drug-likeness (QED) is 0.811. The SMILES string of the molecule is COC(=O)CC(C)n1c(C)nc2c(F)cc(Br)cc21. The number of hydrogen-bond donors (Lipinski definition) is 0. The molecule has 0 aliphatic rings. The molecule has 102 valence electrons. The summed E-state index contributed by atoms with van der Waals surface area (Å²) in [5, 5.41) is 0. The van der Waals surface area contributed by atoms with Gasteiger partial charge in [-0.1, -0.05) is 15.9 Å². The molecular formula is C13H14BrFN2O2. The fourth-order valence-corrected chi connectivity index (χ4v) is 2.63. The third kappa shape index (κ3) is 2.63. The van der Waals surface area contributed by atoms with Crippen LogP contribution in [0.3, 0.4) is 0 Å². The van der Waals surface area contributed by atoms with Crippen molar-refractivity contribution >= 4 is 32.9 Å². The zero-order valence-corrected chi connectivity index (χ0v) is 12.5. The molecule has 1 unspecified atom stereocenters. The third-order valence-corrected chi connectivity index (χ3v) is 3.48. The van der Waals surface area contributed by atoms with Crippen LogP contribution in [-0.2, 0) is 9.53 Å². The number of esters is 1. The van der Waals surface area contributed by atoms with E-state index in [0.717, 1.165) is 0 Å². The van der Waals surface area contributed by atoms with Gasteiger partial charge in [0.25, 0.3) is 0 Å². The van der Waals surface area contributed by atoms with Gasteiger partial charge in [-0.25, -0.2) is 9.37 Å². The van der Waals surface area contributed by atoms with Crippen LogP contribution in [0, 0.1) is 12.7 Å². The van der Waals surface area contributed by atoms with Crippen LogP contribution >= 0.6 is 15.9 Å². The monoisotopic (exact) mass is 328 g/mol. The van der Waals surface area contributed by atoms with Gasteiger partial charge in [-0.3, -0.25) is 4.79 Å². The Balaban J connectivity index is 2.53. The zero-order chi connectivity index (χ0) is 14.2. The molecule has 0 bridgehead atoms. The molecule has 1 aromatic carbocycles. The van der Waals surface area contributed by atoms with Gasteiger partial charge in [0.1, 0.15) is 11.3 Å². The van der Waals surface area contributed by atoms with Gasteiger partial charge < -0.3 is 9.30 Å². The summed E-state index contributed by atoms with van der Waals surface area (Å²) in [7, 11) is 1.35. The summed E-state index contributed by atoms with van der Waals surface area (Å²) in [4.78, 5) is 15.6. The molecule has 1 aromatic heterocycles. The highest BCUT2D eigenvalue weighted by Crippen LogP contribution is 2.27. The van der Waals surface area contributed by atoms with Crippen LogP contribution in [0.5, 0.6) is 0 Å². The largest absolute Gasteiger partial charge is 0.469 e. The van der Waals surface area contributed by atoms with Crippen LogP contribution < -0.4 is 0 Å². The Hall–Kier alpha value is -1.43. The number of aromatic nitrogens is 2. The van der Waals surface area contributed by atoms with Crippen molar-refractivity contribution in [1.29, 1.82) is 0 Å². The molecule has 0 saturated carbocycles. The Bertz CT molecular complexity index is 639. The zero-order valence-electron chi connectivity index (χ0n) is 10.9. The van der Waals surface area contributed by atoms with Crippen LogP contribution in [0.4, 0.5) is 4.39 Å². The van der Waals surface area contributed by atoms with Crippen molar-refractivity contribution < 1.29 is 13.9 Å². The number of hydrogen-bond acceptors (Lipinski definition) is 3. The first kappa shape index (κ1) is 14.0. The molecule has 1 atom stereocenters. The van der Waals surface area contributed by atoms with Crippen LogP contribution in [0.25, 0.3) is 11.0 Å². The molecule has 4 nitrogen and oxygen atoms in total. The van der Waals surface area contributed by atoms with Crippen molar-refractivity contribution in [3.05, 3.63) is 28.2 Å². The number of fused-ring (bicyclic) bond motifs is 1. The molecule has 2 rings (SSSR count). The van der Waals surface area contributed by atoms with Gasteiger partial charge in [0.2, 0.25) is 0 Å². The van der Waals surface area contributed by atoms with Crippen molar-refractivity contribution in [2.45, 2.75) is 26.3 Å². The molecular weight excluding hydrogens is 315 g/mol. The van der Waals surface area contributed by atoms with Crippen LogP contribution in [0.15, 0.2) is 16.6 Å². The number of halogens is 2. The van der Waals surface area contributed by atoms with Gasteiger partial charge >= 0.3 is 5.97 Å². The van der Waals surface area contributed by atoms with Crippen LogP contribution in [-0.4, -0.2) is 22.6 Å². The average molecular weight is 329 g/mol. The number of methoxy groups -OCH3 is 1. The second kappa shape index (κ2) is 5.28. The van der Waals surface area contributed by atoms with Crippen molar-refractivity contribution in [2.75, 3.05) is 7.11 Å². The lowest BCUT2D eigenvalue weighted by Crippen LogP contribution is -2.13. The van der Waals surface area contributed by atoms with E-state index in [2.05, 4.69) is 25.7 Å². The predicted molar refractivity (Wildman–Crippen MR) is 73.5 cm³/mol. The molecule has 0 aliphatic heterocycles. The minimum absolute atomic E-state index is 0.147. The number of carbonyl (C=O) groups excluding carboxylic acids is 1. The predicted octanol–water partition coefficient (Wildman–Crippen LogP) is 3.37.